The molecule has 2 aromatic carbocycles. The van der Waals surface area contributed by atoms with Gasteiger partial charge in [0.1, 0.15) is 5.82 Å². The second-order valence-electron chi connectivity index (χ2n) is 5.42. The van der Waals surface area contributed by atoms with Crippen molar-refractivity contribution in [3.63, 3.8) is 0 Å². The molecule has 0 radical (unpaired) electrons. The summed E-state index contributed by atoms with van der Waals surface area (Å²) in [5.74, 6) is 0.428. The Hall–Kier alpha value is -2.96. The van der Waals surface area contributed by atoms with Crippen molar-refractivity contribution in [3.8, 4) is 0 Å². The van der Waals surface area contributed by atoms with Crippen LogP contribution in [0.25, 0.3) is 0 Å². The molecule has 132 valence electrons. The van der Waals surface area contributed by atoms with E-state index in [1.165, 1.54) is 24.3 Å². The van der Waals surface area contributed by atoms with Gasteiger partial charge >= 0.3 is 0 Å². The van der Waals surface area contributed by atoms with Gasteiger partial charge in [0.15, 0.2) is 5.96 Å². The third kappa shape index (κ3) is 6.21. The van der Waals surface area contributed by atoms with E-state index in [0.29, 0.717) is 19.0 Å². The summed E-state index contributed by atoms with van der Waals surface area (Å²) in [6, 6.07) is 12.8. The molecule has 2 rings (SSSR count). The van der Waals surface area contributed by atoms with Gasteiger partial charge in [-0.1, -0.05) is 24.3 Å². The van der Waals surface area contributed by atoms with Gasteiger partial charge in [-0.2, -0.15) is 0 Å². The first kappa shape index (κ1) is 18.4. The van der Waals surface area contributed by atoms with Gasteiger partial charge in [-0.25, -0.2) is 9.38 Å². The van der Waals surface area contributed by atoms with Crippen LogP contribution in [0.1, 0.15) is 18.1 Å². The van der Waals surface area contributed by atoms with Crippen LogP contribution < -0.4 is 10.6 Å². The molecule has 0 aliphatic rings. The van der Waals surface area contributed by atoms with E-state index in [0.717, 1.165) is 24.1 Å². The molecule has 0 atom stereocenters. The van der Waals surface area contributed by atoms with Gasteiger partial charge in [0.2, 0.25) is 0 Å². The van der Waals surface area contributed by atoms with Gasteiger partial charge in [0.25, 0.3) is 5.69 Å². The molecule has 0 aliphatic heterocycles. The van der Waals surface area contributed by atoms with Crippen LogP contribution in [-0.2, 0) is 13.0 Å². The first-order chi connectivity index (χ1) is 12.1. The molecule has 0 spiro atoms. The molecule has 0 unspecified atom stereocenters. The highest BCUT2D eigenvalue weighted by Gasteiger charge is 2.04. The minimum absolute atomic E-state index is 0.0667. The van der Waals surface area contributed by atoms with Gasteiger partial charge in [-0.15, -0.1) is 0 Å². The summed E-state index contributed by atoms with van der Waals surface area (Å²) in [5, 5.41) is 17.0. The quantitative estimate of drug-likeness (QED) is 0.350. The largest absolute Gasteiger partial charge is 0.357 e. The van der Waals surface area contributed by atoms with Crippen molar-refractivity contribution < 1.29 is 9.31 Å². The molecule has 7 heteroatoms. The Morgan fingerprint density at radius 2 is 1.72 bits per heavy atom. The van der Waals surface area contributed by atoms with E-state index in [1.54, 1.807) is 24.3 Å². The summed E-state index contributed by atoms with van der Waals surface area (Å²) in [7, 11) is 0. The fourth-order valence-electron chi connectivity index (χ4n) is 2.21. The Bertz CT molecular complexity index is 715. The summed E-state index contributed by atoms with van der Waals surface area (Å²) in [4.78, 5) is 14.7. The second kappa shape index (κ2) is 9.36. The van der Waals surface area contributed by atoms with E-state index < -0.39 is 4.92 Å². The van der Waals surface area contributed by atoms with Crippen LogP contribution in [0.5, 0.6) is 0 Å². The molecule has 6 nitrogen and oxygen atoms in total. The fraction of sp³-hybridized carbons (Fsp3) is 0.278. The highest BCUT2D eigenvalue weighted by atomic mass is 19.1. The Balaban J connectivity index is 1.88. The van der Waals surface area contributed by atoms with Crippen LogP contribution >= 0.6 is 0 Å². The molecule has 0 heterocycles. The van der Waals surface area contributed by atoms with Crippen molar-refractivity contribution in [2.45, 2.75) is 19.9 Å². The lowest BCUT2D eigenvalue weighted by Gasteiger charge is -2.11. The Kier molecular flexibility index (Phi) is 6.88. The minimum Gasteiger partial charge on any atom is -0.357 e. The second-order valence-corrected chi connectivity index (χ2v) is 5.42. The number of non-ortho nitro benzene ring substituents is 1. The van der Waals surface area contributed by atoms with E-state index in [4.69, 9.17) is 0 Å². The smallest absolute Gasteiger partial charge is 0.269 e. The highest BCUT2D eigenvalue weighted by molar-refractivity contribution is 5.79. The first-order valence-corrected chi connectivity index (χ1v) is 8.08. The molecule has 2 aromatic rings. The van der Waals surface area contributed by atoms with Crippen molar-refractivity contribution in [1.29, 1.82) is 0 Å². The van der Waals surface area contributed by atoms with Gasteiger partial charge in [0.05, 0.1) is 11.5 Å². The van der Waals surface area contributed by atoms with E-state index in [1.807, 2.05) is 6.92 Å². The zero-order valence-electron chi connectivity index (χ0n) is 14.0. The number of guanidine groups is 1. The molecule has 0 aromatic heterocycles. The third-order valence-corrected chi connectivity index (χ3v) is 3.53. The Labute approximate surface area is 145 Å². The zero-order chi connectivity index (χ0) is 18.1. The van der Waals surface area contributed by atoms with Crippen LogP contribution in [0.4, 0.5) is 10.1 Å². The number of hydrogen-bond acceptors (Lipinski definition) is 3. The predicted octanol–water partition coefficient (Wildman–Crippen LogP) is 3.03. The third-order valence-electron chi connectivity index (χ3n) is 3.53. The summed E-state index contributed by atoms with van der Waals surface area (Å²) in [6.07, 6.45) is 0.752. The molecular weight excluding hydrogens is 323 g/mol. The highest BCUT2D eigenvalue weighted by Crippen LogP contribution is 2.12. The van der Waals surface area contributed by atoms with Gasteiger partial charge in [-0.3, -0.25) is 10.1 Å². The normalized spacial score (nSPS) is 11.2. The molecule has 25 heavy (non-hydrogen) atoms. The van der Waals surface area contributed by atoms with E-state index in [9.17, 15) is 14.5 Å². The zero-order valence-corrected chi connectivity index (χ0v) is 14.0. The molecule has 0 fully saturated rings. The summed E-state index contributed by atoms with van der Waals surface area (Å²) in [5.41, 5.74) is 2.00. The van der Waals surface area contributed by atoms with Crippen molar-refractivity contribution >= 4 is 11.6 Å². The van der Waals surface area contributed by atoms with Gasteiger partial charge < -0.3 is 10.6 Å². The predicted molar refractivity (Wildman–Crippen MR) is 96.0 cm³/mol. The summed E-state index contributed by atoms with van der Waals surface area (Å²) in [6.45, 7) is 3.79. The first-order valence-electron chi connectivity index (χ1n) is 8.08. The monoisotopic (exact) mass is 344 g/mol. The SMILES string of the molecule is CCNC(=NCc1ccc([N+](=O)[O-])cc1)NCCc1ccc(F)cc1. The van der Waals surface area contributed by atoms with Crippen LogP contribution in [0.3, 0.4) is 0 Å². The Morgan fingerprint density at radius 3 is 2.32 bits per heavy atom. The maximum absolute atomic E-state index is 12.9. The van der Waals surface area contributed by atoms with E-state index in [-0.39, 0.29) is 11.5 Å². The van der Waals surface area contributed by atoms with Crippen LogP contribution in [0.2, 0.25) is 0 Å². The van der Waals surface area contributed by atoms with Crippen molar-refractivity contribution in [2.24, 2.45) is 4.99 Å². The summed E-state index contributed by atoms with van der Waals surface area (Å²) >= 11 is 0. The molecule has 0 saturated heterocycles. The molecule has 0 aliphatic carbocycles. The maximum Gasteiger partial charge on any atom is 0.269 e. The standard InChI is InChI=1S/C18H21FN4O2/c1-2-20-18(21-12-11-14-3-7-16(19)8-4-14)22-13-15-5-9-17(10-6-15)23(24)25/h3-10H,2,11-13H2,1H3,(H2,20,21,22). The topological polar surface area (TPSA) is 79.6 Å². The lowest BCUT2D eigenvalue weighted by atomic mass is 10.1. The van der Waals surface area contributed by atoms with Gasteiger partial charge in [-0.05, 0) is 36.6 Å². The van der Waals surface area contributed by atoms with Crippen LogP contribution in [-0.4, -0.2) is 24.0 Å². The number of benzene rings is 2. The molecule has 0 bridgehead atoms. The number of nitro groups is 1. The average Bonchev–Trinajstić information content (AvgIpc) is 2.61. The number of nitro benzene ring substituents is 1. The number of nitrogens with zero attached hydrogens (tertiary/aromatic N) is 2. The Morgan fingerprint density at radius 1 is 1.08 bits per heavy atom. The van der Waals surface area contributed by atoms with Gasteiger partial charge in [0, 0.05) is 25.2 Å². The number of nitrogens with one attached hydrogen (secondary N) is 2. The van der Waals surface area contributed by atoms with E-state index in [2.05, 4.69) is 15.6 Å². The lowest BCUT2D eigenvalue weighted by Crippen LogP contribution is -2.38. The van der Waals surface area contributed by atoms with Crippen molar-refractivity contribution in [2.75, 3.05) is 13.1 Å². The molecule has 0 saturated carbocycles. The lowest BCUT2D eigenvalue weighted by molar-refractivity contribution is -0.384. The average molecular weight is 344 g/mol. The number of rotatable bonds is 7. The maximum atomic E-state index is 12.9. The fourth-order valence-corrected chi connectivity index (χ4v) is 2.21. The van der Waals surface area contributed by atoms with Crippen LogP contribution in [0.15, 0.2) is 53.5 Å². The molecule has 2 N–H and O–H groups in total. The van der Waals surface area contributed by atoms with Crippen molar-refractivity contribution in [1.82, 2.24) is 10.6 Å². The van der Waals surface area contributed by atoms with Crippen LogP contribution in [0, 0.1) is 15.9 Å². The summed E-state index contributed by atoms with van der Waals surface area (Å²) < 4.78 is 12.9. The molecule has 0 amide bonds. The number of halogens is 1. The molecular formula is C18H21FN4O2. The van der Waals surface area contributed by atoms with E-state index >= 15 is 0 Å². The minimum atomic E-state index is -0.422. The van der Waals surface area contributed by atoms with Crippen molar-refractivity contribution in [3.05, 3.63) is 75.6 Å². The number of aliphatic imine (C=N–C) groups is 1. The number of hydrogen-bond donors (Lipinski definition) is 2.